The lowest BCUT2D eigenvalue weighted by Gasteiger charge is -2.32. The molecule has 1 saturated heterocycles. The highest BCUT2D eigenvalue weighted by molar-refractivity contribution is 6.33. The summed E-state index contributed by atoms with van der Waals surface area (Å²) in [6, 6.07) is 3.92. The molecule has 1 aromatic carbocycles. The van der Waals surface area contributed by atoms with Gasteiger partial charge in [0.2, 0.25) is 0 Å². The van der Waals surface area contributed by atoms with Crippen molar-refractivity contribution in [3.8, 4) is 11.5 Å². The first-order chi connectivity index (χ1) is 9.69. The molecule has 2 rings (SSSR count). The Hall–Kier alpha value is -0.680. The number of ether oxygens (including phenoxy) is 2. The molecule has 1 aliphatic rings. The molecule has 1 unspecified atom stereocenters. The lowest BCUT2D eigenvalue weighted by molar-refractivity contribution is 0.171. The van der Waals surface area contributed by atoms with Gasteiger partial charge in [-0.15, -0.1) is 12.4 Å². The largest absolute Gasteiger partial charge is 0.493 e. The molecular formula is C15H24Cl2N2O2. The Labute approximate surface area is 137 Å². The third-order valence-electron chi connectivity index (χ3n) is 3.90. The number of hydrogen-bond donors (Lipinski definition) is 1. The van der Waals surface area contributed by atoms with E-state index in [1.807, 2.05) is 12.1 Å². The van der Waals surface area contributed by atoms with Crippen LogP contribution in [0.15, 0.2) is 12.1 Å². The normalized spacial score (nSPS) is 19.0. The first-order valence-electron chi connectivity index (χ1n) is 7.01. The second kappa shape index (κ2) is 8.69. The second-order valence-electron chi connectivity index (χ2n) is 5.25. The molecule has 21 heavy (non-hydrogen) atoms. The van der Waals surface area contributed by atoms with Crippen LogP contribution >= 0.6 is 24.0 Å². The van der Waals surface area contributed by atoms with Crippen LogP contribution in [0.1, 0.15) is 18.4 Å². The van der Waals surface area contributed by atoms with Crippen LogP contribution in [0.2, 0.25) is 5.02 Å². The molecule has 0 aromatic heterocycles. The molecule has 6 heteroatoms. The van der Waals surface area contributed by atoms with Gasteiger partial charge in [0.15, 0.2) is 11.5 Å². The van der Waals surface area contributed by atoms with Gasteiger partial charge in [-0.05, 0) is 43.5 Å². The van der Waals surface area contributed by atoms with E-state index in [4.69, 9.17) is 26.8 Å². The predicted molar refractivity (Wildman–Crippen MR) is 88.9 cm³/mol. The fourth-order valence-electron chi connectivity index (χ4n) is 2.78. The van der Waals surface area contributed by atoms with Gasteiger partial charge in [-0.3, -0.25) is 4.90 Å². The summed E-state index contributed by atoms with van der Waals surface area (Å²) in [6.07, 6.45) is 2.43. The molecule has 1 fully saturated rings. The van der Waals surface area contributed by atoms with E-state index in [1.165, 1.54) is 12.8 Å². The van der Waals surface area contributed by atoms with E-state index in [2.05, 4.69) is 4.90 Å². The molecule has 0 radical (unpaired) electrons. The number of hydrogen-bond acceptors (Lipinski definition) is 4. The second-order valence-corrected chi connectivity index (χ2v) is 5.63. The van der Waals surface area contributed by atoms with E-state index in [-0.39, 0.29) is 12.4 Å². The molecule has 0 amide bonds. The number of methoxy groups -OCH3 is 2. The van der Waals surface area contributed by atoms with Crippen LogP contribution in [0.3, 0.4) is 0 Å². The summed E-state index contributed by atoms with van der Waals surface area (Å²) < 4.78 is 10.6. The van der Waals surface area contributed by atoms with E-state index in [0.717, 1.165) is 31.7 Å². The van der Waals surface area contributed by atoms with Gasteiger partial charge in [-0.2, -0.15) is 0 Å². The first-order valence-corrected chi connectivity index (χ1v) is 7.39. The van der Waals surface area contributed by atoms with Gasteiger partial charge >= 0.3 is 0 Å². The van der Waals surface area contributed by atoms with Gasteiger partial charge in [0, 0.05) is 13.1 Å². The van der Waals surface area contributed by atoms with Gasteiger partial charge in [0.1, 0.15) is 0 Å². The summed E-state index contributed by atoms with van der Waals surface area (Å²) in [7, 11) is 3.23. The van der Waals surface area contributed by atoms with Crippen molar-refractivity contribution in [2.75, 3.05) is 33.9 Å². The Morgan fingerprint density at radius 1 is 1.33 bits per heavy atom. The lowest BCUT2D eigenvalue weighted by atomic mass is 9.98. The summed E-state index contributed by atoms with van der Waals surface area (Å²) in [4.78, 5) is 2.41. The van der Waals surface area contributed by atoms with E-state index < -0.39 is 0 Å². The molecule has 0 spiro atoms. The fourth-order valence-corrected chi connectivity index (χ4v) is 3.07. The van der Waals surface area contributed by atoms with E-state index in [0.29, 0.717) is 22.4 Å². The number of nitrogens with zero attached hydrogens (tertiary/aromatic N) is 1. The maximum Gasteiger partial charge on any atom is 0.179 e. The minimum Gasteiger partial charge on any atom is -0.493 e. The Morgan fingerprint density at radius 2 is 2.10 bits per heavy atom. The average molecular weight is 335 g/mol. The summed E-state index contributed by atoms with van der Waals surface area (Å²) in [6.45, 7) is 3.73. The highest BCUT2D eigenvalue weighted by Gasteiger charge is 2.21. The monoisotopic (exact) mass is 334 g/mol. The van der Waals surface area contributed by atoms with Crippen LogP contribution in [0.25, 0.3) is 0 Å². The Balaban J connectivity index is 0.00000220. The minimum atomic E-state index is 0. The van der Waals surface area contributed by atoms with Crippen molar-refractivity contribution in [2.45, 2.75) is 19.4 Å². The minimum absolute atomic E-state index is 0. The smallest absolute Gasteiger partial charge is 0.179 e. The van der Waals surface area contributed by atoms with Gasteiger partial charge in [-0.1, -0.05) is 17.7 Å². The SMILES string of the molecule is COc1ccc(CN2CCCC(CN)C2)c(Cl)c1OC.Cl. The van der Waals surface area contributed by atoms with Crippen molar-refractivity contribution in [1.82, 2.24) is 4.90 Å². The third-order valence-corrected chi connectivity index (χ3v) is 4.31. The molecule has 1 aliphatic heterocycles. The Morgan fingerprint density at radius 3 is 2.71 bits per heavy atom. The van der Waals surface area contributed by atoms with Gasteiger partial charge in [0.05, 0.1) is 19.2 Å². The van der Waals surface area contributed by atoms with Gasteiger partial charge in [-0.25, -0.2) is 0 Å². The number of likely N-dealkylation sites (tertiary alicyclic amines) is 1. The van der Waals surface area contributed by atoms with Crippen molar-refractivity contribution in [1.29, 1.82) is 0 Å². The molecule has 4 nitrogen and oxygen atoms in total. The van der Waals surface area contributed by atoms with Crippen molar-refractivity contribution in [2.24, 2.45) is 11.7 Å². The summed E-state index contributed by atoms with van der Waals surface area (Å²) >= 11 is 6.43. The summed E-state index contributed by atoms with van der Waals surface area (Å²) in [5.41, 5.74) is 6.85. The van der Waals surface area contributed by atoms with E-state index in [9.17, 15) is 0 Å². The summed E-state index contributed by atoms with van der Waals surface area (Å²) in [5.74, 6) is 1.88. The Bertz CT molecular complexity index is 458. The first kappa shape index (κ1) is 18.4. The van der Waals surface area contributed by atoms with Crippen molar-refractivity contribution < 1.29 is 9.47 Å². The molecule has 0 saturated carbocycles. The Kier molecular flexibility index (Phi) is 7.60. The van der Waals surface area contributed by atoms with Crippen molar-refractivity contribution in [3.63, 3.8) is 0 Å². The molecule has 120 valence electrons. The molecule has 0 bridgehead atoms. The standard InChI is InChI=1S/C15H23ClN2O2.ClH/c1-19-13-6-5-12(14(16)15(13)20-2)10-18-7-3-4-11(8-17)9-18;/h5-6,11H,3-4,7-10,17H2,1-2H3;1H. The maximum atomic E-state index is 6.43. The third kappa shape index (κ3) is 4.39. The van der Waals surface area contributed by atoms with Gasteiger partial charge in [0.25, 0.3) is 0 Å². The number of benzene rings is 1. The molecule has 2 N–H and O–H groups in total. The molecule has 1 atom stereocenters. The van der Waals surface area contributed by atoms with Gasteiger partial charge < -0.3 is 15.2 Å². The van der Waals surface area contributed by atoms with Crippen LogP contribution in [0.5, 0.6) is 11.5 Å². The average Bonchev–Trinajstić information content (AvgIpc) is 2.49. The van der Waals surface area contributed by atoms with Crippen LogP contribution in [0, 0.1) is 5.92 Å². The zero-order valence-electron chi connectivity index (χ0n) is 12.6. The van der Waals surface area contributed by atoms with Crippen LogP contribution < -0.4 is 15.2 Å². The van der Waals surface area contributed by atoms with Crippen LogP contribution in [0.4, 0.5) is 0 Å². The highest BCUT2D eigenvalue weighted by atomic mass is 35.5. The lowest BCUT2D eigenvalue weighted by Crippen LogP contribution is -2.37. The van der Waals surface area contributed by atoms with Crippen molar-refractivity contribution >= 4 is 24.0 Å². The van der Waals surface area contributed by atoms with E-state index >= 15 is 0 Å². The topological polar surface area (TPSA) is 47.7 Å². The molecule has 1 heterocycles. The highest BCUT2D eigenvalue weighted by Crippen LogP contribution is 2.38. The van der Waals surface area contributed by atoms with E-state index in [1.54, 1.807) is 14.2 Å². The fraction of sp³-hybridized carbons (Fsp3) is 0.600. The predicted octanol–water partition coefficient (Wildman–Crippen LogP) is 2.95. The van der Waals surface area contributed by atoms with Crippen LogP contribution in [-0.4, -0.2) is 38.8 Å². The summed E-state index contributed by atoms with van der Waals surface area (Å²) in [5, 5.41) is 0.640. The quantitative estimate of drug-likeness (QED) is 0.899. The van der Waals surface area contributed by atoms with Crippen molar-refractivity contribution in [3.05, 3.63) is 22.7 Å². The maximum absolute atomic E-state index is 6.43. The number of rotatable bonds is 5. The number of halogens is 2. The number of piperidine rings is 1. The number of nitrogens with two attached hydrogens (primary N) is 1. The van der Waals surface area contributed by atoms with Crippen LogP contribution in [-0.2, 0) is 6.54 Å². The zero-order chi connectivity index (χ0) is 14.5. The molecule has 0 aliphatic carbocycles. The molecule has 1 aromatic rings. The zero-order valence-corrected chi connectivity index (χ0v) is 14.2. The molecular weight excluding hydrogens is 311 g/mol.